The zero-order chi connectivity index (χ0) is 17.0. The average Bonchev–Trinajstić information content (AvgIpc) is 2.85. The number of rotatable bonds is 5. The molecule has 3 N–H and O–H groups in total. The van der Waals surface area contributed by atoms with Crippen LogP contribution in [0.5, 0.6) is 0 Å². The molecule has 7 heteroatoms. The van der Waals surface area contributed by atoms with Gasteiger partial charge in [-0.05, 0) is 31.0 Å². The topological polar surface area (TPSA) is 79.2 Å². The Kier molecular flexibility index (Phi) is 5.00. The molecule has 0 aliphatic heterocycles. The molecular weight excluding hydrogens is 299 g/mol. The van der Waals surface area contributed by atoms with E-state index < -0.39 is 17.4 Å². The molecule has 2 rings (SSSR count). The molecule has 1 heterocycles. The van der Waals surface area contributed by atoms with Gasteiger partial charge in [0.2, 0.25) is 0 Å². The predicted octanol–water partition coefficient (Wildman–Crippen LogP) is 2.15. The van der Waals surface area contributed by atoms with Gasteiger partial charge in [0.25, 0.3) is 0 Å². The summed E-state index contributed by atoms with van der Waals surface area (Å²) in [7, 11) is 1.80. The Morgan fingerprint density at radius 3 is 2.78 bits per heavy atom. The summed E-state index contributed by atoms with van der Waals surface area (Å²) in [5.41, 5.74) is 0.00830. The maximum atomic E-state index is 13.2. The minimum absolute atomic E-state index is 0.0598. The van der Waals surface area contributed by atoms with E-state index in [2.05, 4.69) is 15.7 Å². The molecule has 1 aromatic carbocycles. The number of aliphatic hydroxyl groups is 1. The van der Waals surface area contributed by atoms with Gasteiger partial charge in [-0.2, -0.15) is 5.10 Å². The van der Waals surface area contributed by atoms with Crippen LogP contribution in [0.3, 0.4) is 0 Å². The predicted molar refractivity (Wildman–Crippen MR) is 85.6 cm³/mol. The molecule has 23 heavy (non-hydrogen) atoms. The first kappa shape index (κ1) is 17.0. The van der Waals surface area contributed by atoms with Gasteiger partial charge < -0.3 is 10.4 Å². The highest BCUT2D eigenvalue weighted by Gasteiger charge is 2.24. The summed E-state index contributed by atoms with van der Waals surface area (Å²) >= 11 is 0. The second kappa shape index (κ2) is 6.78. The first-order valence-corrected chi connectivity index (χ1v) is 7.38. The Morgan fingerprint density at radius 2 is 2.17 bits per heavy atom. The van der Waals surface area contributed by atoms with Crippen LogP contribution in [0.1, 0.15) is 25.1 Å². The van der Waals surface area contributed by atoms with Crippen molar-refractivity contribution in [1.29, 1.82) is 0 Å². The van der Waals surface area contributed by atoms with E-state index in [0.29, 0.717) is 11.4 Å². The number of anilines is 1. The number of benzene rings is 1. The number of aromatic nitrogens is 2. The second-order valence-corrected chi connectivity index (χ2v) is 5.59. The van der Waals surface area contributed by atoms with E-state index in [1.165, 1.54) is 25.1 Å². The molecule has 1 unspecified atom stereocenters. The van der Waals surface area contributed by atoms with Crippen molar-refractivity contribution < 1.29 is 14.3 Å². The molecular formula is C16H21FN4O2. The molecule has 0 aliphatic carbocycles. The Morgan fingerprint density at radius 1 is 1.43 bits per heavy atom. The number of nitrogens with zero attached hydrogens (tertiary/aromatic N) is 2. The molecule has 0 saturated carbocycles. The van der Waals surface area contributed by atoms with Crippen molar-refractivity contribution in [3.63, 3.8) is 0 Å². The van der Waals surface area contributed by atoms with E-state index >= 15 is 0 Å². The number of hydrogen-bond donors (Lipinski definition) is 3. The van der Waals surface area contributed by atoms with Crippen LogP contribution in [0.4, 0.5) is 15.0 Å². The third-order valence-electron chi connectivity index (χ3n) is 3.62. The summed E-state index contributed by atoms with van der Waals surface area (Å²) in [4.78, 5) is 11.9. The third kappa shape index (κ3) is 4.29. The van der Waals surface area contributed by atoms with Gasteiger partial charge in [0.05, 0.1) is 6.54 Å². The number of aryl methyl sites for hydroxylation is 2. The second-order valence-electron chi connectivity index (χ2n) is 5.59. The lowest BCUT2D eigenvalue weighted by atomic mass is 9.96. The fourth-order valence-corrected chi connectivity index (χ4v) is 2.24. The Labute approximate surface area is 134 Å². The van der Waals surface area contributed by atoms with Crippen molar-refractivity contribution in [2.45, 2.75) is 25.9 Å². The van der Waals surface area contributed by atoms with E-state index in [9.17, 15) is 14.3 Å². The van der Waals surface area contributed by atoms with Crippen LogP contribution in [0.2, 0.25) is 0 Å². The lowest BCUT2D eigenvalue weighted by Gasteiger charge is -2.24. The number of urea groups is 1. The van der Waals surface area contributed by atoms with Crippen LogP contribution in [-0.2, 0) is 19.1 Å². The van der Waals surface area contributed by atoms with Crippen LogP contribution >= 0.6 is 0 Å². The van der Waals surface area contributed by atoms with Crippen molar-refractivity contribution >= 4 is 11.8 Å². The monoisotopic (exact) mass is 320 g/mol. The normalized spacial score (nSPS) is 13.4. The van der Waals surface area contributed by atoms with E-state index in [1.54, 1.807) is 23.9 Å². The summed E-state index contributed by atoms with van der Waals surface area (Å²) < 4.78 is 14.9. The first-order chi connectivity index (χ1) is 10.8. The van der Waals surface area contributed by atoms with Crippen LogP contribution < -0.4 is 10.6 Å². The highest BCUT2D eigenvalue weighted by atomic mass is 19.1. The van der Waals surface area contributed by atoms with E-state index in [1.807, 2.05) is 6.92 Å². The SMILES string of the molecule is CCc1cc(NC(=O)NCC(C)(O)c2cccc(F)c2)nn1C. The largest absolute Gasteiger partial charge is 0.384 e. The Bertz CT molecular complexity index is 697. The summed E-state index contributed by atoms with van der Waals surface area (Å²) in [6.45, 7) is 3.45. The lowest BCUT2D eigenvalue weighted by Crippen LogP contribution is -2.40. The van der Waals surface area contributed by atoms with E-state index in [4.69, 9.17) is 0 Å². The highest BCUT2D eigenvalue weighted by molar-refractivity contribution is 5.88. The van der Waals surface area contributed by atoms with Gasteiger partial charge >= 0.3 is 6.03 Å². The number of carbonyl (C=O) groups is 1. The van der Waals surface area contributed by atoms with Crippen molar-refractivity contribution in [3.05, 3.63) is 47.4 Å². The molecule has 0 radical (unpaired) electrons. The average molecular weight is 320 g/mol. The molecule has 0 bridgehead atoms. The van der Waals surface area contributed by atoms with Crippen molar-refractivity contribution in [3.8, 4) is 0 Å². The van der Waals surface area contributed by atoms with Crippen molar-refractivity contribution in [2.24, 2.45) is 7.05 Å². The zero-order valence-corrected chi connectivity index (χ0v) is 13.4. The summed E-state index contributed by atoms with van der Waals surface area (Å²) in [6, 6.07) is 6.96. The molecule has 124 valence electrons. The van der Waals surface area contributed by atoms with E-state index in [0.717, 1.165) is 12.1 Å². The molecule has 0 aliphatic rings. The quantitative estimate of drug-likeness (QED) is 0.790. The molecule has 6 nitrogen and oxygen atoms in total. The highest BCUT2D eigenvalue weighted by Crippen LogP contribution is 2.20. The molecule has 1 aromatic heterocycles. The summed E-state index contributed by atoms with van der Waals surface area (Å²) in [5.74, 6) is 0.0000514. The summed E-state index contributed by atoms with van der Waals surface area (Å²) in [5, 5.41) is 19.7. The lowest BCUT2D eigenvalue weighted by molar-refractivity contribution is 0.0596. The fourth-order valence-electron chi connectivity index (χ4n) is 2.24. The van der Waals surface area contributed by atoms with E-state index in [-0.39, 0.29) is 6.54 Å². The van der Waals surface area contributed by atoms with Gasteiger partial charge in [-0.1, -0.05) is 19.1 Å². The minimum Gasteiger partial charge on any atom is -0.384 e. The van der Waals surface area contributed by atoms with Gasteiger partial charge in [-0.3, -0.25) is 10.00 Å². The van der Waals surface area contributed by atoms with Gasteiger partial charge in [-0.15, -0.1) is 0 Å². The van der Waals surface area contributed by atoms with Crippen molar-refractivity contribution in [2.75, 3.05) is 11.9 Å². The van der Waals surface area contributed by atoms with Gasteiger partial charge in [0.1, 0.15) is 11.4 Å². The summed E-state index contributed by atoms with van der Waals surface area (Å²) in [6.07, 6.45) is 0.807. The molecule has 1 atom stereocenters. The Hall–Kier alpha value is -2.41. The molecule has 0 spiro atoms. The first-order valence-electron chi connectivity index (χ1n) is 7.38. The number of hydrogen-bond acceptors (Lipinski definition) is 3. The van der Waals surface area contributed by atoms with Crippen LogP contribution in [-0.4, -0.2) is 27.5 Å². The van der Waals surface area contributed by atoms with Crippen LogP contribution in [0.15, 0.2) is 30.3 Å². The standard InChI is InChI=1S/C16H21FN4O2/c1-4-13-9-14(20-21(13)3)19-15(22)18-10-16(2,23)11-6-5-7-12(17)8-11/h5-9,23H,4,10H2,1-3H3,(H2,18,19,20,22). The smallest absolute Gasteiger partial charge is 0.320 e. The molecule has 0 saturated heterocycles. The van der Waals surface area contributed by atoms with Gasteiger partial charge in [0.15, 0.2) is 5.82 Å². The number of halogens is 1. The van der Waals surface area contributed by atoms with Crippen LogP contribution in [0, 0.1) is 5.82 Å². The number of amides is 2. The van der Waals surface area contributed by atoms with Gasteiger partial charge in [-0.25, -0.2) is 9.18 Å². The molecule has 0 fully saturated rings. The maximum Gasteiger partial charge on any atom is 0.320 e. The van der Waals surface area contributed by atoms with Gasteiger partial charge in [0, 0.05) is 18.8 Å². The zero-order valence-electron chi connectivity index (χ0n) is 13.4. The fraction of sp³-hybridized carbons (Fsp3) is 0.375. The Balaban J connectivity index is 1.95. The molecule has 2 amide bonds. The van der Waals surface area contributed by atoms with Crippen molar-refractivity contribution in [1.82, 2.24) is 15.1 Å². The third-order valence-corrected chi connectivity index (χ3v) is 3.62. The molecule has 2 aromatic rings. The number of carbonyl (C=O) groups excluding carboxylic acids is 1. The van der Waals surface area contributed by atoms with Crippen LogP contribution in [0.25, 0.3) is 0 Å². The number of nitrogens with one attached hydrogen (secondary N) is 2. The maximum absolute atomic E-state index is 13.2. The minimum atomic E-state index is -1.38.